The summed E-state index contributed by atoms with van der Waals surface area (Å²) < 4.78 is 7.95. The summed E-state index contributed by atoms with van der Waals surface area (Å²) in [5.41, 5.74) is 2.74. The van der Waals surface area contributed by atoms with Crippen LogP contribution in [-0.4, -0.2) is 45.1 Å². The monoisotopic (exact) mass is 436 g/mol. The van der Waals surface area contributed by atoms with Crippen LogP contribution in [0.3, 0.4) is 0 Å². The van der Waals surface area contributed by atoms with Crippen molar-refractivity contribution in [1.29, 1.82) is 0 Å². The fourth-order valence-electron chi connectivity index (χ4n) is 3.82. The molecule has 4 rings (SSSR count). The zero-order valence-electron chi connectivity index (χ0n) is 18.1. The molecule has 0 bridgehead atoms. The molecule has 0 unspecified atom stereocenters. The van der Waals surface area contributed by atoms with Crippen molar-refractivity contribution in [1.82, 2.24) is 19.7 Å². The molecule has 2 heterocycles. The van der Waals surface area contributed by atoms with Crippen LogP contribution in [0.5, 0.6) is 5.75 Å². The summed E-state index contributed by atoms with van der Waals surface area (Å²) in [6.07, 6.45) is 2.49. The number of carbonyl (C=O) groups excluding carboxylic acids is 1. The SMILES string of the molecule is CCOc1ccc(C(C)=O)cc1CSc1nnc(CN2CCCC2)n1-c1ccccc1. The van der Waals surface area contributed by atoms with Crippen LogP contribution in [0.15, 0.2) is 53.7 Å². The average molecular weight is 437 g/mol. The van der Waals surface area contributed by atoms with E-state index in [0.29, 0.717) is 17.9 Å². The van der Waals surface area contributed by atoms with Crippen LogP contribution in [0.2, 0.25) is 0 Å². The standard InChI is InChI=1S/C24H28N4O2S/c1-3-30-22-12-11-19(18(2)29)15-20(22)17-31-24-26-25-23(16-27-13-7-8-14-27)28(24)21-9-5-4-6-10-21/h4-6,9-12,15H,3,7-8,13-14,16-17H2,1-2H3. The van der Waals surface area contributed by atoms with Crippen molar-refractivity contribution in [2.24, 2.45) is 0 Å². The number of ether oxygens (including phenoxy) is 1. The first-order chi connectivity index (χ1) is 15.2. The average Bonchev–Trinajstić information content (AvgIpc) is 3.44. The van der Waals surface area contributed by atoms with Gasteiger partial charge in [0.1, 0.15) is 5.75 Å². The van der Waals surface area contributed by atoms with Crippen LogP contribution >= 0.6 is 11.8 Å². The van der Waals surface area contributed by atoms with E-state index in [0.717, 1.165) is 47.6 Å². The first-order valence-corrected chi connectivity index (χ1v) is 11.8. The van der Waals surface area contributed by atoms with Gasteiger partial charge < -0.3 is 4.74 Å². The number of benzene rings is 2. The second-order valence-electron chi connectivity index (χ2n) is 7.65. The lowest BCUT2D eigenvalue weighted by molar-refractivity contribution is 0.101. The first-order valence-electron chi connectivity index (χ1n) is 10.8. The molecule has 7 heteroatoms. The number of nitrogens with zero attached hydrogens (tertiary/aromatic N) is 4. The van der Waals surface area contributed by atoms with E-state index < -0.39 is 0 Å². The molecule has 1 fully saturated rings. The van der Waals surface area contributed by atoms with Gasteiger partial charge in [0.25, 0.3) is 0 Å². The minimum Gasteiger partial charge on any atom is -0.494 e. The largest absolute Gasteiger partial charge is 0.494 e. The lowest BCUT2D eigenvalue weighted by Crippen LogP contribution is -2.21. The van der Waals surface area contributed by atoms with Crippen molar-refractivity contribution in [2.45, 2.75) is 44.1 Å². The number of para-hydroxylation sites is 1. The molecule has 6 nitrogen and oxygen atoms in total. The highest BCUT2D eigenvalue weighted by Gasteiger charge is 2.20. The second kappa shape index (κ2) is 10.1. The Morgan fingerprint density at radius 1 is 1.10 bits per heavy atom. The Morgan fingerprint density at radius 3 is 2.58 bits per heavy atom. The van der Waals surface area contributed by atoms with Crippen LogP contribution in [0, 0.1) is 0 Å². The third-order valence-electron chi connectivity index (χ3n) is 5.40. The molecule has 0 aliphatic carbocycles. The van der Waals surface area contributed by atoms with Crippen LogP contribution in [0.1, 0.15) is 48.4 Å². The number of hydrogen-bond acceptors (Lipinski definition) is 6. The van der Waals surface area contributed by atoms with Crippen LogP contribution < -0.4 is 4.74 Å². The molecule has 0 saturated carbocycles. The summed E-state index contributed by atoms with van der Waals surface area (Å²) in [5.74, 6) is 2.46. The van der Waals surface area contributed by atoms with Crippen molar-refractivity contribution in [3.05, 3.63) is 65.5 Å². The van der Waals surface area contributed by atoms with E-state index in [1.807, 2.05) is 43.3 Å². The van der Waals surface area contributed by atoms with Gasteiger partial charge in [-0.1, -0.05) is 30.0 Å². The van der Waals surface area contributed by atoms with Gasteiger partial charge in [0, 0.05) is 22.6 Å². The van der Waals surface area contributed by atoms with Crippen molar-refractivity contribution < 1.29 is 9.53 Å². The molecule has 3 aromatic rings. The molecule has 0 spiro atoms. The summed E-state index contributed by atoms with van der Waals surface area (Å²) in [6, 6.07) is 15.9. The Bertz CT molecular complexity index is 1030. The van der Waals surface area contributed by atoms with Crippen molar-refractivity contribution in [3.63, 3.8) is 0 Å². The summed E-state index contributed by atoms with van der Waals surface area (Å²) >= 11 is 1.61. The summed E-state index contributed by atoms with van der Waals surface area (Å²) in [5, 5.41) is 9.91. The number of aromatic nitrogens is 3. The van der Waals surface area contributed by atoms with Gasteiger partial charge >= 0.3 is 0 Å². The van der Waals surface area contributed by atoms with E-state index in [9.17, 15) is 4.79 Å². The second-order valence-corrected chi connectivity index (χ2v) is 8.60. The normalized spacial score (nSPS) is 14.1. The Balaban J connectivity index is 1.62. The quantitative estimate of drug-likeness (QED) is 0.356. The number of ketones is 1. The predicted molar refractivity (Wildman–Crippen MR) is 123 cm³/mol. The molecule has 0 atom stereocenters. The van der Waals surface area contributed by atoms with Gasteiger partial charge in [-0.2, -0.15) is 0 Å². The zero-order valence-corrected chi connectivity index (χ0v) is 18.9. The minimum atomic E-state index is 0.0506. The maximum absolute atomic E-state index is 11.9. The van der Waals surface area contributed by atoms with Crippen molar-refractivity contribution in [2.75, 3.05) is 19.7 Å². The fourth-order valence-corrected chi connectivity index (χ4v) is 4.77. The van der Waals surface area contributed by atoms with Crippen molar-refractivity contribution >= 4 is 17.5 Å². The summed E-state index contributed by atoms with van der Waals surface area (Å²) in [7, 11) is 0. The third-order valence-corrected chi connectivity index (χ3v) is 6.38. The molecule has 1 saturated heterocycles. The van der Waals surface area contributed by atoms with Gasteiger partial charge in [-0.25, -0.2) is 0 Å². The highest BCUT2D eigenvalue weighted by Crippen LogP contribution is 2.30. The molecule has 162 valence electrons. The first kappa shape index (κ1) is 21.6. The van der Waals surface area contributed by atoms with Gasteiger partial charge in [0.2, 0.25) is 0 Å². The van der Waals surface area contributed by atoms with Crippen LogP contribution in [0.25, 0.3) is 5.69 Å². The van der Waals surface area contributed by atoms with Gasteiger partial charge in [-0.15, -0.1) is 10.2 Å². The molecular weight excluding hydrogens is 408 g/mol. The number of rotatable bonds is 9. The molecule has 0 radical (unpaired) electrons. The number of likely N-dealkylation sites (tertiary alicyclic amines) is 1. The maximum atomic E-state index is 11.9. The molecule has 0 amide bonds. The molecule has 2 aromatic carbocycles. The maximum Gasteiger partial charge on any atom is 0.196 e. The smallest absolute Gasteiger partial charge is 0.196 e. The van der Waals surface area contributed by atoms with E-state index in [1.165, 1.54) is 12.8 Å². The van der Waals surface area contributed by atoms with Gasteiger partial charge in [-0.05, 0) is 70.1 Å². The Labute approximate surface area is 187 Å². The number of hydrogen-bond donors (Lipinski definition) is 0. The third kappa shape index (κ3) is 5.17. The zero-order chi connectivity index (χ0) is 21.6. The van der Waals surface area contributed by atoms with Gasteiger partial charge in [-0.3, -0.25) is 14.3 Å². The van der Waals surface area contributed by atoms with E-state index in [4.69, 9.17) is 4.74 Å². The van der Waals surface area contributed by atoms with E-state index in [2.05, 4.69) is 31.8 Å². The molecule has 1 aliphatic rings. The minimum absolute atomic E-state index is 0.0506. The lowest BCUT2D eigenvalue weighted by atomic mass is 10.1. The van der Waals surface area contributed by atoms with Crippen LogP contribution in [-0.2, 0) is 12.3 Å². The number of thioether (sulfide) groups is 1. The van der Waals surface area contributed by atoms with Crippen LogP contribution in [0.4, 0.5) is 0 Å². The molecule has 31 heavy (non-hydrogen) atoms. The predicted octanol–water partition coefficient (Wildman–Crippen LogP) is 4.76. The lowest BCUT2D eigenvalue weighted by Gasteiger charge is -2.16. The topological polar surface area (TPSA) is 60.2 Å². The summed E-state index contributed by atoms with van der Waals surface area (Å²) in [4.78, 5) is 14.3. The number of Topliss-reactive ketones (excluding diaryl/α,β-unsaturated/α-hetero) is 1. The molecular formula is C24H28N4O2S. The van der Waals surface area contributed by atoms with E-state index >= 15 is 0 Å². The van der Waals surface area contributed by atoms with Crippen molar-refractivity contribution in [3.8, 4) is 11.4 Å². The molecule has 0 N–H and O–H groups in total. The number of carbonyl (C=O) groups is 1. The molecule has 1 aromatic heterocycles. The Kier molecular flexibility index (Phi) is 7.04. The Hall–Kier alpha value is -2.64. The van der Waals surface area contributed by atoms with E-state index in [-0.39, 0.29) is 5.78 Å². The van der Waals surface area contributed by atoms with Gasteiger partial charge in [0.05, 0.1) is 13.2 Å². The summed E-state index contributed by atoms with van der Waals surface area (Å²) in [6.45, 7) is 7.15. The highest BCUT2D eigenvalue weighted by molar-refractivity contribution is 7.98. The molecule has 1 aliphatic heterocycles. The fraction of sp³-hybridized carbons (Fsp3) is 0.375. The Morgan fingerprint density at radius 2 is 1.87 bits per heavy atom. The highest BCUT2D eigenvalue weighted by atomic mass is 32.2. The van der Waals surface area contributed by atoms with E-state index in [1.54, 1.807) is 18.7 Å². The van der Waals surface area contributed by atoms with Gasteiger partial charge in [0.15, 0.2) is 16.8 Å².